The molecule has 25 heavy (non-hydrogen) atoms. The highest BCUT2D eigenvalue weighted by molar-refractivity contribution is 6.67. The van der Waals surface area contributed by atoms with Gasteiger partial charge in [-0.05, 0) is 43.1 Å². The monoisotopic (exact) mass is 412 g/mol. The van der Waals surface area contributed by atoms with Gasteiger partial charge in [0, 0.05) is 12.3 Å². The first-order chi connectivity index (χ1) is 11.4. The molecule has 144 valence electrons. The number of hydrogen-bond acceptors (Lipinski definition) is 4. The topological polar surface area (TPSA) is 55.8 Å². The fraction of sp³-hybridized carbons (Fsp3) is 0.833. The second-order valence-electron chi connectivity index (χ2n) is 7.78. The van der Waals surface area contributed by atoms with Gasteiger partial charge in [0.2, 0.25) is 3.79 Å². The maximum absolute atomic E-state index is 11.9. The quantitative estimate of drug-likeness (QED) is 0.388. The molecule has 1 fully saturated rings. The predicted molar refractivity (Wildman–Crippen MR) is 100 cm³/mol. The summed E-state index contributed by atoms with van der Waals surface area (Å²) in [5, 5.41) is 11.4. The molecule has 4 nitrogen and oxygen atoms in total. The minimum Gasteiger partial charge on any atom is -0.430 e. The third-order valence-corrected chi connectivity index (χ3v) is 6.06. The average molecular weight is 414 g/mol. The summed E-state index contributed by atoms with van der Waals surface area (Å²) in [6.07, 6.45) is 3.09. The zero-order valence-electron chi connectivity index (χ0n) is 15.1. The first-order valence-electron chi connectivity index (χ1n) is 8.75. The molecule has 1 N–H and O–H groups in total. The SMILES string of the molecule is CC1=C[C@@H]2[C@H](C(C)C)CC[C@@H](C)[C@]2(O)C[C@H]1OC(=O)OCC(Cl)(Cl)Cl. The Labute approximate surface area is 164 Å². The van der Waals surface area contributed by atoms with Crippen LogP contribution in [0.4, 0.5) is 4.79 Å². The molecule has 5 atom stereocenters. The van der Waals surface area contributed by atoms with E-state index in [1.54, 1.807) is 0 Å². The molecule has 2 rings (SSSR count). The van der Waals surface area contributed by atoms with Crippen molar-refractivity contribution in [3.8, 4) is 0 Å². The van der Waals surface area contributed by atoms with Gasteiger partial charge >= 0.3 is 6.16 Å². The Bertz CT molecular complexity index is 529. The standard InChI is InChI=1S/C18H27Cl3O4/c1-10(2)13-6-5-12(4)17(23)8-15(11(3)7-14(13)17)25-16(22)24-9-18(19,20)21/h7,10,12-15,23H,5-6,8-9H2,1-4H3/t12-,13+,14-,15-,17-/m1/s1. The lowest BCUT2D eigenvalue weighted by molar-refractivity contribution is -0.132. The number of alkyl halides is 3. The molecule has 0 saturated heterocycles. The van der Waals surface area contributed by atoms with E-state index in [9.17, 15) is 9.90 Å². The Hall–Kier alpha value is -0.160. The van der Waals surface area contributed by atoms with Gasteiger partial charge < -0.3 is 14.6 Å². The first kappa shape index (κ1) is 21.1. The van der Waals surface area contributed by atoms with E-state index in [1.807, 2.05) is 6.92 Å². The number of carbonyl (C=O) groups is 1. The van der Waals surface area contributed by atoms with Crippen LogP contribution in [0.15, 0.2) is 11.6 Å². The van der Waals surface area contributed by atoms with E-state index in [1.165, 1.54) is 0 Å². The fourth-order valence-electron chi connectivity index (χ4n) is 4.20. The van der Waals surface area contributed by atoms with Crippen LogP contribution in [0.5, 0.6) is 0 Å². The molecule has 0 bridgehead atoms. The van der Waals surface area contributed by atoms with E-state index in [4.69, 9.17) is 44.3 Å². The van der Waals surface area contributed by atoms with Crippen LogP contribution in [0.25, 0.3) is 0 Å². The molecule has 2 aliphatic carbocycles. The van der Waals surface area contributed by atoms with Crippen LogP contribution in [-0.4, -0.2) is 33.4 Å². The number of rotatable bonds is 3. The highest BCUT2D eigenvalue weighted by Gasteiger charge is 2.52. The summed E-state index contributed by atoms with van der Waals surface area (Å²) in [6, 6.07) is 0. The van der Waals surface area contributed by atoms with Gasteiger partial charge in [-0.1, -0.05) is 61.7 Å². The maximum Gasteiger partial charge on any atom is 0.509 e. The lowest BCUT2D eigenvalue weighted by Crippen LogP contribution is -2.55. The highest BCUT2D eigenvalue weighted by atomic mass is 35.6. The van der Waals surface area contributed by atoms with Gasteiger partial charge in [-0.25, -0.2) is 4.79 Å². The van der Waals surface area contributed by atoms with Crippen LogP contribution in [0.1, 0.15) is 47.0 Å². The van der Waals surface area contributed by atoms with E-state index in [2.05, 4.69) is 26.8 Å². The number of carbonyl (C=O) groups excluding carboxylic acids is 1. The molecule has 0 aromatic heterocycles. The minimum absolute atomic E-state index is 0.0771. The Morgan fingerprint density at radius 2 is 2.04 bits per heavy atom. The Morgan fingerprint density at radius 1 is 1.40 bits per heavy atom. The van der Waals surface area contributed by atoms with E-state index in [0.29, 0.717) is 18.3 Å². The Morgan fingerprint density at radius 3 is 2.60 bits per heavy atom. The second-order valence-corrected chi connectivity index (χ2v) is 10.3. The molecule has 7 heteroatoms. The van der Waals surface area contributed by atoms with Crippen LogP contribution in [0.3, 0.4) is 0 Å². The van der Waals surface area contributed by atoms with Crippen molar-refractivity contribution < 1.29 is 19.4 Å². The smallest absolute Gasteiger partial charge is 0.430 e. The number of ether oxygens (including phenoxy) is 2. The zero-order chi connectivity index (χ0) is 19.0. The molecule has 0 aromatic carbocycles. The average Bonchev–Trinajstić information content (AvgIpc) is 2.47. The van der Waals surface area contributed by atoms with Crippen molar-refractivity contribution in [2.45, 2.75) is 62.5 Å². The highest BCUT2D eigenvalue weighted by Crippen LogP contribution is 2.51. The van der Waals surface area contributed by atoms with Crippen molar-refractivity contribution in [1.82, 2.24) is 0 Å². The molecule has 0 aromatic rings. The van der Waals surface area contributed by atoms with Crippen LogP contribution in [0.2, 0.25) is 0 Å². The zero-order valence-corrected chi connectivity index (χ0v) is 17.4. The fourth-order valence-corrected chi connectivity index (χ4v) is 4.36. The first-order valence-corrected chi connectivity index (χ1v) is 9.88. The van der Waals surface area contributed by atoms with Crippen molar-refractivity contribution in [3.05, 3.63) is 11.6 Å². The van der Waals surface area contributed by atoms with Crippen molar-refractivity contribution in [2.75, 3.05) is 6.61 Å². The van der Waals surface area contributed by atoms with Gasteiger partial charge in [-0.15, -0.1) is 0 Å². The third kappa shape index (κ3) is 4.97. The van der Waals surface area contributed by atoms with Crippen molar-refractivity contribution in [2.24, 2.45) is 23.7 Å². The largest absolute Gasteiger partial charge is 0.509 e. The van der Waals surface area contributed by atoms with Gasteiger partial charge in [-0.3, -0.25) is 0 Å². The number of aliphatic hydroxyl groups is 1. The summed E-state index contributed by atoms with van der Waals surface area (Å²) in [5.41, 5.74) is 0.0487. The summed E-state index contributed by atoms with van der Waals surface area (Å²) in [5.74, 6) is 1.13. The van der Waals surface area contributed by atoms with Gasteiger partial charge in [0.25, 0.3) is 0 Å². The molecule has 0 unspecified atom stereocenters. The van der Waals surface area contributed by atoms with E-state index in [-0.39, 0.29) is 18.4 Å². The molecular weight excluding hydrogens is 387 g/mol. The summed E-state index contributed by atoms with van der Waals surface area (Å²) in [7, 11) is 0. The summed E-state index contributed by atoms with van der Waals surface area (Å²) in [4.78, 5) is 11.9. The molecule has 0 amide bonds. The normalized spacial score (nSPS) is 35.8. The summed E-state index contributed by atoms with van der Waals surface area (Å²) in [6.45, 7) is 7.99. The molecule has 0 heterocycles. The number of halogens is 3. The Balaban J connectivity index is 2.13. The van der Waals surface area contributed by atoms with Crippen LogP contribution >= 0.6 is 34.8 Å². The van der Waals surface area contributed by atoms with E-state index < -0.39 is 21.7 Å². The van der Waals surface area contributed by atoms with Crippen molar-refractivity contribution in [3.63, 3.8) is 0 Å². The second kappa shape index (κ2) is 7.84. The van der Waals surface area contributed by atoms with Gasteiger partial charge in [-0.2, -0.15) is 0 Å². The lowest BCUT2D eigenvalue weighted by atomic mass is 9.57. The summed E-state index contributed by atoms with van der Waals surface area (Å²) >= 11 is 16.7. The molecule has 0 radical (unpaired) electrons. The third-order valence-electron chi connectivity index (χ3n) is 5.74. The lowest BCUT2D eigenvalue weighted by Gasteiger charge is -2.52. The molecule has 0 spiro atoms. The van der Waals surface area contributed by atoms with E-state index >= 15 is 0 Å². The maximum atomic E-state index is 11.9. The van der Waals surface area contributed by atoms with Crippen LogP contribution < -0.4 is 0 Å². The number of fused-ring (bicyclic) bond motifs is 1. The van der Waals surface area contributed by atoms with Gasteiger partial charge in [0.1, 0.15) is 12.7 Å². The van der Waals surface area contributed by atoms with E-state index in [0.717, 1.165) is 18.4 Å². The van der Waals surface area contributed by atoms with Crippen LogP contribution in [0, 0.1) is 23.7 Å². The van der Waals surface area contributed by atoms with Crippen LogP contribution in [-0.2, 0) is 9.47 Å². The molecule has 2 aliphatic rings. The molecular formula is C18H27Cl3O4. The predicted octanol–water partition coefficient (Wildman–Crippen LogP) is 5.28. The van der Waals surface area contributed by atoms with Crippen molar-refractivity contribution >= 4 is 41.0 Å². The molecule has 0 aliphatic heterocycles. The minimum atomic E-state index is -1.68. The van der Waals surface area contributed by atoms with Crippen molar-refractivity contribution in [1.29, 1.82) is 0 Å². The van der Waals surface area contributed by atoms with Gasteiger partial charge in [0.05, 0.1) is 5.60 Å². The number of hydrogen-bond donors (Lipinski definition) is 1. The Kier molecular flexibility index (Phi) is 6.63. The van der Waals surface area contributed by atoms with Gasteiger partial charge in [0.15, 0.2) is 0 Å². The summed E-state index contributed by atoms with van der Waals surface area (Å²) < 4.78 is 8.56. The molecule has 1 saturated carbocycles.